The van der Waals surface area contributed by atoms with Gasteiger partial charge in [0.05, 0.1) is 12.1 Å². The lowest BCUT2D eigenvalue weighted by Crippen LogP contribution is -2.28. The second-order valence-corrected chi connectivity index (χ2v) is 4.97. The molecule has 0 unspecified atom stereocenters. The average molecular weight is 286 g/mol. The van der Waals surface area contributed by atoms with E-state index in [1.807, 2.05) is 0 Å². The standard InChI is InChI=1S/C14H24ClN3O/c1-5-18(6-2)7-8-19-13-10-16-14(11(3)4)17-12(13)9-15/h10-11H,5-9H2,1-4H3. The van der Waals surface area contributed by atoms with Gasteiger partial charge in [0.1, 0.15) is 18.1 Å². The first-order valence-corrected chi connectivity index (χ1v) is 7.42. The summed E-state index contributed by atoms with van der Waals surface area (Å²) in [4.78, 5) is 11.1. The Labute approximate surface area is 121 Å². The summed E-state index contributed by atoms with van der Waals surface area (Å²) in [7, 11) is 0. The SMILES string of the molecule is CCN(CC)CCOc1cnc(C(C)C)nc1CCl. The number of nitrogens with zero attached hydrogens (tertiary/aromatic N) is 3. The van der Waals surface area contributed by atoms with Crippen molar-refractivity contribution in [2.75, 3.05) is 26.2 Å². The lowest BCUT2D eigenvalue weighted by atomic mass is 10.2. The first-order chi connectivity index (χ1) is 9.12. The molecule has 108 valence electrons. The Hall–Kier alpha value is -0.870. The van der Waals surface area contributed by atoms with Crippen LogP contribution >= 0.6 is 11.6 Å². The third-order valence-electron chi connectivity index (χ3n) is 3.05. The fraction of sp³-hybridized carbons (Fsp3) is 0.714. The molecule has 0 fully saturated rings. The van der Waals surface area contributed by atoms with E-state index in [9.17, 15) is 0 Å². The van der Waals surface area contributed by atoms with Gasteiger partial charge in [-0.15, -0.1) is 11.6 Å². The van der Waals surface area contributed by atoms with Crippen LogP contribution in [0.25, 0.3) is 0 Å². The van der Waals surface area contributed by atoms with Crippen molar-refractivity contribution < 1.29 is 4.74 Å². The minimum absolute atomic E-state index is 0.298. The molecule has 19 heavy (non-hydrogen) atoms. The molecule has 0 aliphatic heterocycles. The molecule has 5 heteroatoms. The second kappa shape index (κ2) is 8.33. The minimum Gasteiger partial charge on any atom is -0.489 e. The number of hydrogen-bond acceptors (Lipinski definition) is 4. The van der Waals surface area contributed by atoms with E-state index in [1.165, 1.54) is 0 Å². The molecule has 0 radical (unpaired) electrons. The van der Waals surface area contributed by atoms with Gasteiger partial charge in [-0.2, -0.15) is 0 Å². The van der Waals surface area contributed by atoms with E-state index in [0.29, 0.717) is 24.2 Å². The van der Waals surface area contributed by atoms with E-state index in [1.54, 1.807) is 6.20 Å². The van der Waals surface area contributed by atoms with Crippen LogP contribution in [0.1, 0.15) is 45.1 Å². The van der Waals surface area contributed by atoms with Crippen LogP contribution in [-0.2, 0) is 5.88 Å². The maximum absolute atomic E-state index is 5.92. The average Bonchev–Trinajstić information content (AvgIpc) is 2.43. The predicted octanol–water partition coefficient (Wildman–Crippen LogP) is 3.06. The topological polar surface area (TPSA) is 38.2 Å². The molecule has 0 saturated carbocycles. The molecule has 0 N–H and O–H groups in total. The van der Waals surface area contributed by atoms with E-state index in [-0.39, 0.29) is 0 Å². The first-order valence-electron chi connectivity index (χ1n) is 6.89. The first kappa shape index (κ1) is 16.2. The molecule has 1 rings (SSSR count). The van der Waals surface area contributed by atoms with Crippen LogP contribution in [0.15, 0.2) is 6.20 Å². The van der Waals surface area contributed by atoms with Crippen molar-refractivity contribution in [2.24, 2.45) is 0 Å². The Kier molecular flexibility index (Phi) is 7.10. The van der Waals surface area contributed by atoms with Crippen molar-refractivity contribution in [3.8, 4) is 5.75 Å². The summed E-state index contributed by atoms with van der Waals surface area (Å²) in [5, 5.41) is 0. The Balaban J connectivity index is 2.63. The third-order valence-corrected chi connectivity index (χ3v) is 3.30. The molecule has 1 heterocycles. The van der Waals surface area contributed by atoms with Gasteiger partial charge in [-0.3, -0.25) is 0 Å². The molecule has 0 saturated heterocycles. The van der Waals surface area contributed by atoms with Crippen LogP contribution in [0.4, 0.5) is 0 Å². The second-order valence-electron chi connectivity index (χ2n) is 4.70. The molecular formula is C14H24ClN3O. The zero-order valence-electron chi connectivity index (χ0n) is 12.3. The van der Waals surface area contributed by atoms with Crippen LogP contribution in [-0.4, -0.2) is 41.1 Å². The Bertz CT molecular complexity index is 381. The van der Waals surface area contributed by atoms with Gasteiger partial charge in [-0.25, -0.2) is 9.97 Å². The number of halogens is 1. The zero-order valence-corrected chi connectivity index (χ0v) is 13.1. The summed E-state index contributed by atoms with van der Waals surface area (Å²) < 4.78 is 5.75. The lowest BCUT2D eigenvalue weighted by molar-refractivity contribution is 0.220. The van der Waals surface area contributed by atoms with E-state index in [2.05, 4.69) is 42.6 Å². The summed E-state index contributed by atoms with van der Waals surface area (Å²) in [6.45, 7) is 12.0. The quantitative estimate of drug-likeness (QED) is 0.688. The van der Waals surface area contributed by atoms with Gasteiger partial charge < -0.3 is 9.64 Å². The van der Waals surface area contributed by atoms with Crippen LogP contribution < -0.4 is 4.74 Å². The van der Waals surface area contributed by atoms with Gasteiger partial charge >= 0.3 is 0 Å². The molecule has 0 atom stereocenters. The molecule has 0 aliphatic carbocycles. The number of likely N-dealkylation sites (N-methyl/N-ethyl adjacent to an activating group) is 1. The highest BCUT2D eigenvalue weighted by molar-refractivity contribution is 6.17. The maximum Gasteiger partial charge on any atom is 0.160 e. The van der Waals surface area contributed by atoms with Crippen molar-refractivity contribution >= 4 is 11.6 Å². The summed E-state index contributed by atoms with van der Waals surface area (Å²) in [5.74, 6) is 2.16. The van der Waals surface area contributed by atoms with Crippen molar-refractivity contribution in [1.82, 2.24) is 14.9 Å². The van der Waals surface area contributed by atoms with Gasteiger partial charge in [0.25, 0.3) is 0 Å². The molecule has 0 bridgehead atoms. The summed E-state index contributed by atoms with van der Waals surface area (Å²) >= 11 is 5.92. The van der Waals surface area contributed by atoms with Crippen molar-refractivity contribution in [3.63, 3.8) is 0 Å². The Morgan fingerprint density at radius 3 is 2.53 bits per heavy atom. The van der Waals surface area contributed by atoms with Gasteiger partial charge in [0.2, 0.25) is 0 Å². The van der Waals surface area contributed by atoms with Crippen molar-refractivity contribution in [2.45, 2.75) is 39.5 Å². The van der Waals surface area contributed by atoms with E-state index < -0.39 is 0 Å². The summed E-state index contributed by atoms with van der Waals surface area (Å²) in [6.07, 6.45) is 1.74. The van der Waals surface area contributed by atoms with Gasteiger partial charge in [-0.05, 0) is 13.1 Å². The number of ether oxygens (including phenoxy) is 1. The maximum atomic E-state index is 5.92. The molecule has 0 amide bonds. The lowest BCUT2D eigenvalue weighted by Gasteiger charge is -2.18. The highest BCUT2D eigenvalue weighted by Gasteiger charge is 2.10. The van der Waals surface area contributed by atoms with Gasteiger partial charge in [0, 0.05) is 12.5 Å². The van der Waals surface area contributed by atoms with E-state index >= 15 is 0 Å². The normalized spacial score (nSPS) is 11.3. The number of alkyl halides is 1. The van der Waals surface area contributed by atoms with Crippen LogP contribution in [0, 0.1) is 0 Å². The zero-order chi connectivity index (χ0) is 14.3. The third kappa shape index (κ3) is 4.96. The monoisotopic (exact) mass is 285 g/mol. The Morgan fingerprint density at radius 2 is 2.00 bits per heavy atom. The molecule has 0 spiro atoms. The highest BCUT2D eigenvalue weighted by atomic mass is 35.5. The molecule has 1 aromatic heterocycles. The Morgan fingerprint density at radius 1 is 1.32 bits per heavy atom. The van der Waals surface area contributed by atoms with Crippen LogP contribution in [0.2, 0.25) is 0 Å². The van der Waals surface area contributed by atoms with Crippen LogP contribution in [0.5, 0.6) is 5.75 Å². The minimum atomic E-state index is 0.298. The van der Waals surface area contributed by atoms with Gasteiger partial charge in [-0.1, -0.05) is 27.7 Å². The fourth-order valence-electron chi connectivity index (χ4n) is 1.74. The number of hydrogen-bond donors (Lipinski definition) is 0. The smallest absolute Gasteiger partial charge is 0.160 e. The van der Waals surface area contributed by atoms with Crippen molar-refractivity contribution in [3.05, 3.63) is 17.7 Å². The largest absolute Gasteiger partial charge is 0.489 e. The molecule has 0 aliphatic rings. The van der Waals surface area contributed by atoms with Gasteiger partial charge in [0.15, 0.2) is 5.75 Å². The fourth-order valence-corrected chi connectivity index (χ4v) is 1.93. The highest BCUT2D eigenvalue weighted by Crippen LogP contribution is 2.20. The van der Waals surface area contributed by atoms with Crippen molar-refractivity contribution in [1.29, 1.82) is 0 Å². The van der Waals surface area contributed by atoms with E-state index in [4.69, 9.17) is 16.3 Å². The van der Waals surface area contributed by atoms with Crippen LogP contribution in [0.3, 0.4) is 0 Å². The number of aromatic nitrogens is 2. The molecule has 4 nitrogen and oxygen atoms in total. The predicted molar refractivity (Wildman–Crippen MR) is 79.0 cm³/mol. The molecule has 1 aromatic rings. The molecule has 0 aromatic carbocycles. The van der Waals surface area contributed by atoms with E-state index in [0.717, 1.165) is 31.2 Å². The summed E-state index contributed by atoms with van der Waals surface area (Å²) in [5.41, 5.74) is 0.778. The summed E-state index contributed by atoms with van der Waals surface area (Å²) in [6, 6.07) is 0. The molecular weight excluding hydrogens is 262 g/mol. The number of rotatable bonds is 8.